The number of benzene rings is 3. The van der Waals surface area contributed by atoms with E-state index in [-0.39, 0.29) is 22.3 Å². The van der Waals surface area contributed by atoms with Gasteiger partial charge in [0.15, 0.2) is 11.5 Å². The van der Waals surface area contributed by atoms with Crippen molar-refractivity contribution in [1.29, 1.82) is 0 Å². The van der Waals surface area contributed by atoms with Gasteiger partial charge < -0.3 is 18.6 Å². The zero-order chi connectivity index (χ0) is 22.8. The van der Waals surface area contributed by atoms with Crippen LogP contribution in [-0.4, -0.2) is 20.2 Å². The molecule has 4 aromatic rings. The monoisotopic (exact) mass is 434 g/mol. The number of methoxy groups -OCH3 is 2. The topological polar surface area (TPSA) is 75.0 Å². The molecule has 162 valence electrons. The van der Waals surface area contributed by atoms with E-state index >= 15 is 0 Å². The summed E-state index contributed by atoms with van der Waals surface area (Å²) in [5.74, 6) is 0.545. The molecule has 0 aliphatic carbocycles. The summed E-state index contributed by atoms with van der Waals surface area (Å²) < 4.78 is 34.9. The van der Waals surface area contributed by atoms with Gasteiger partial charge in [-0.15, -0.1) is 0 Å². The van der Waals surface area contributed by atoms with Gasteiger partial charge in [-0.25, -0.2) is 9.18 Å². The quantitative estimate of drug-likeness (QED) is 0.320. The van der Waals surface area contributed by atoms with Crippen LogP contribution < -0.4 is 19.6 Å². The molecule has 32 heavy (non-hydrogen) atoms. The predicted molar refractivity (Wildman–Crippen MR) is 117 cm³/mol. The number of hydrogen-bond donors (Lipinski definition) is 0. The third-order valence-electron chi connectivity index (χ3n) is 5.00. The van der Waals surface area contributed by atoms with Crippen molar-refractivity contribution in [3.8, 4) is 28.4 Å². The molecule has 1 aromatic heterocycles. The zero-order valence-electron chi connectivity index (χ0n) is 17.6. The Hall–Kier alpha value is -4.13. The first kappa shape index (κ1) is 21.1. The summed E-state index contributed by atoms with van der Waals surface area (Å²) in [6.45, 7) is 1.68. The first-order valence-corrected chi connectivity index (χ1v) is 9.69. The van der Waals surface area contributed by atoms with Gasteiger partial charge in [0.05, 0.1) is 30.7 Å². The largest absolute Gasteiger partial charge is 0.493 e. The normalized spacial score (nSPS) is 10.8. The predicted octanol–water partition coefficient (Wildman–Crippen LogP) is 5.14. The van der Waals surface area contributed by atoms with Gasteiger partial charge in [0.25, 0.3) is 0 Å². The van der Waals surface area contributed by atoms with Crippen LogP contribution in [0.2, 0.25) is 0 Å². The molecule has 3 aromatic carbocycles. The van der Waals surface area contributed by atoms with Gasteiger partial charge in [0, 0.05) is 6.07 Å². The lowest BCUT2D eigenvalue weighted by molar-refractivity contribution is 0.0735. The number of rotatable bonds is 5. The standard InChI is InChI=1S/C25H19FO6/c1-14-23(16-6-11-20(29-2)22(12-16)30-3)24(27)19-10-9-18(13-21(19)31-14)32-25(28)15-4-7-17(26)8-5-15/h4-13H,1-3H3. The van der Waals surface area contributed by atoms with Gasteiger partial charge in [-0.2, -0.15) is 0 Å². The van der Waals surface area contributed by atoms with Gasteiger partial charge in [-0.05, 0) is 61.0 Å². The van der Waals surface area contributed by atoms with Crippen molar-refractivity contribution >= 4 is 16.9 Å². The number of halogens is 1. The van der Waals surface area contributed by atoms with E-state index in [2.05, 4.69) is 0 Å². The molecule has 7 heteroatoms. The van der Waals surface area contributed by atoms with Crippen LogP contribution >= 0.6 is 0 Å². The summed E-state index contributed by atoms with van der Waals surface area (Å²) in [5.41, 5.74) is 1.28. The number of carbonyl (C=O) groups excluding carboxylic acids is 1. The summed E-state index contributed by atoms with van der Waals surface area (Å²) in [6, 6.07) is 14.7. The zero-order valence-corrected chi connectivity index (χ0v) is 17.6. The summed E-state index contributed by atoms with van der Waals surface area (Å²) in [7, 11) is 3.06. The Labute approximate surface area is 182 Å². The van der Waals surface area contributed by atoms with Gasteiger partial charge >= 0.3 is 5.97 Å². The fourth-order valence-electron chi connectivity index (χ4n) is 3.43. The maximum Gasteiger partial charge on any atom is 0.343 e. The van der Waals surface area contributed by atoms with E-state index in [9.17, 15) is 14.0 Å². The highest BCUT2D eigenvalue weighted by molar-refractivity contribution is 5.92. The molecule has 0 spiro atoms. The third kappa shape index (κ3) is 3.92. The Bertz CT molecular complexity index is 1370. The van der Waals surface area contributed by atoms with Crippen LogP contribution in [-0.2, 0) is 0 Å². The average molecular weight is 434 g/mol. The van der Waals surface area contributed by atoms with Crippen molar-refractivity contribution in [2.75, 3.05) is 14.2 Å². The maximum atomic E-state index is 13.2. The Morgan fingerprint density at radius 1 is 0.906 bits per heavy atom. The molecule has 1 heterocycles. The molecule has 0 atom stereocenters. The first-order valence-electron chi connectivity index (χ1n) is 9.69. The first-order chi connectivity index (χ1) is 15.4. The highest BCUT2D eigenvalue weighted by Gasteiger charge is 2.17. The number of hydrogen-bond acceptors (Lipinski definition) is 6. The average Bonchev–Trinajstić information content (AvgIpc) is 2.79. The molecule has 0 bridgehead atoms. The molecule has 0 radical (unpaired) electrons. The molecule has 6 nitrogen and oxygen atoms in total. The van der Waals surface area contributed by atoms with Crippen LogP contribution in [0, 0.1) is 12.7 Å². The van der Waals surface area contributed by atoms with Crippen LogP contribution in [0.15, 0.2) is 69.9 Å². The third-order valence-corrected chi connectivity index (χ3v) is 5.00. The van der Waals surface area contributed by atoms with Crippen LogP contribution in [0.25, 0.3) is 22.1 Å². The number of ether oxygens (including phenoxy) is 3. The second-order valence-electron chi connectivity index (χ2n) is 6.99. The van der Waals surface area contributed by atoms with Gasteiger partial charge in [0.2, 0.25) is 5.43 Å². The summed E-state index contributed by atoms with van der Waals surface area (Å²) in [4.78, 5) is 25.5. The SMILES string of the molecule is COc1ccc(-c2c(C)oc3cc(OC(=O)c4ccc(F)cc4)ccc3c2=O)cc1OC. The second-order valence-corrected chi connectivity index (χ2v) is 6.99. The van der Waals surface area contributed by atoms with Crippen molar-refractivity contribution in [3.05, 3.63) is 88.0 Å². The minimum atomic E-state index is -0.648. The molecule has 0 saturated heterocycles. The Morgan fingerprint density at radius 3 is 2.31 bits per heavy atom. The molecule has 0 unspecified atom stereocenters. The van der Waals surface area contributed by atoms with E-state index in [0.29, 0.717) is 33.8 Å². The second kappa shape index (κ2) is 8.55. The van der Waals surface area contributed by atoms with Crippen molar-refractivity contribution in [3.63, 3.8) is 0 Å². The molecule has 0 N–H and O–H groups in total. The molecule has 0 amide bonds. The Balaban J connectivity index is 1.71. The molecular weight excluding hydrogens is 415 g/mol. The number of esters is 1. The van der Waals surface area contributed by atoms with E-state index in [1.807, 2.05) is 0 Å². The fourth-order valence-corrected chi connectivity index (χ4v) is 3.43. The molecule has 0 aliphatic rings. The molecule has 0 aliphatic heterocycles. The lowest BCUT2D eigenvalue weighted by atomic mass is 10.0. The van der Waals surface area contributed by atoms with Crippen LogP contribution in [0.3, 0.4) is 0 Å². The molecular formula is C25H19FO6. The van der Waals surface area contributed by atoms with E-state index in [1.54, 1.807) is 25.1 Å². The lowest BCUT2D eigenvalue weighted by Gasteiger charge is -2.12. The minimum Gasteiger partial charge on any atom is -0.493 e. The highest BCUT2D eigenvalue weighted by Crippen LogP contribution is 2.33. The van der Waals surface area contributed by atoms with Crippen LogP contribution in [0.5, 0.6) is 17.2 Å². The van der Waals surface area contributed by atoms with Crippen molar-refractivity contribution in [2.24, 2.45) is 0 Å². The minimum absolute atomic E-state index is 0.202. The summed E-state index contributed by atoms with van der Waals surface area (Å²) in [6.07, 6.45) is 0. The molecule has 0 fully saturated rings. The Morgan fingerprint density at radius 2 is 1.62 bits per heavy atom. The van der Waals surface area contributed by atoms with Crippen molar-refractivity contribution < 1.29 is 27.8 Å². The Kier molecular flexibility index (Phi) is 5.64. The van der Waals surface area contributed by atoms with Gasteiger partial charge in [-0.3, -0.25) is 4.79 Å². The lowest BCUT2D eigenvalue weighted by Crippen LogP contribution is -2.10. The van der Waals surface area contributed by atoms with E-state index < -0.39 is 11.8 Å². The highest BCUT2D eigenvalue weighted by atomic mass is 19.1. The number of aryl methyl sites for hydroxylation is 1. The fraction of sp³-hybridized carbons (Fsp3) is 0.120. The van der Waals surface area contributed by atoms with E-state index in [0.717, 1.165) is 0 Å². The number of fused-ring (bicyclic) bond motifs is 1. The molecule has 4 rings (SSSR count). The van der Waals surface area contributed by atoms with Gasteiger partial charge in [-0.1, -0.05) is 6.07 Å². The van der Waals surface area contributed by atoms with E-state index in [4.69, 9.17) is 18.6 Å². The molecule has 0 saturated carbocycles. The summed E-state index contributed by atoms with van der Waals surface area (Å²) >= 11 is 0. The van der Waals surface area contributed by atoms with Crippen LogP contribution in [0.1, 0.15) is 16.1 Å². The van der Waals surface area contributed by atoms with E-state index in [1.165, 1.54) is 56.7 Å². The van der Waals surface area contributed by atoms with Crippen molar-refractivity contribution in [1.82, 2.24) is 0 Å². The van der Waals surface area contributed by atoms with Crippen LogP contribution in [0.4, 0.5) is 4.39 Å². The summed E-state index contributed by atoms with van der Waals surface area (Å²) in [5, 5.41) is 0.335. The number of carbonyl (C=O) groups is 1. The van der Waals surface area contributed by atoms with Gasteiger partial charge in [0.1, 0.15) is 22.9 Å². The smallest absolute Gasteiger partial charge is 0.343 e. The van der Waals surface area contributed by atoms with Crippen molar-refractivity contribution in [2.45, 2.75) is 6.92 Å². The maximum absolute atomic E-state index is 13.2.